The topological polar surface area (TPSA) is 0 Å². The summed E-state index contributed by atoms with van der Waals surface area (Å²) in [5.74, 6) is 1.94. The summed E-state index contributed by atoms with van der Waals surface area (Å²) in [5, 5.41) is 0. The van der Waals surface area contributed by atoms with Gasteiger partial charge in [-0.05, 0) is 18.3 Å². The molecule has 0 aliphatic heterocycles. The van der Waals surface area contributed by atoms with Crippen molar-refractivity contribution in [2.45, 2.75) is 72.6 Å². The second kappa shape index (κ2) is 8.59. The van der Waals surface area contributed by atoms with Gasteiger partial charge in [-0.1, -0.05) is 66.2 Å². The Balaban J connectivity index is 3.42. The average molecular weight is 184 g/mol. The molecule has 0 N–H and O–H groups in total. The van der Waals surface area contributed by atoms with Crippen molar-refractivity contribution in [1.82, 2.24) is 0 Å². The Kier molecular flexibility index (Phi) is 8.59. The molecule has 0 aromatic heterocycles. The van der Waals surface area contributed by atoms with E-state index in [4.69, 9.17) is 0 Å². The molecule has 0 nitrogen and oxygen atoms in total. The average Bonchev–Trinajstić information content (AvgIpc) is 2.14. The van der Waals surface area contributed by atoms with Crippen LogP contribution in [0.25, 0.3) is 0 Å². The minimum atomic E-state index is 0.955. The Morgan fingerprint density at radius 1 is 0.923 bits per heavy atom. The van der Waals surface area contributed by atoms with E-state index in [1.165, 1.54) is 44.9 Å². The lowest BCUT2D eigenvalue weighted by Gasteiger charge is -2.17. The number of unbranched alkanes of at least 4 members (excludes halogenated alkanes) is 2. The molecule has 0 saturated carbocycles. The molecule has 0 saturated heterocycles. The summed E-state index contributed by atoms with van der Waals surface area (Å²) in [6.45, 7) is 9.36. The van der Waals surface area contributed by atoms with Crippen molar-refractivity contribution in [3.63, 3.8) is 0 Å². The molecule has 0 radical (unpaired) electrons. The first-order valence-electron chi connectivity index (χ1n) is 6.24. The van der Waals surface area contributed by atoms with Gasteiger partial charge in [0, 0.05) is 0 Å². The summed E-state index contributed by atoms with van der Waals surface area (Å²) in [6, 6.07) is 0. The van der Waals surface area contributed by atoms with E-state index in [1.54, 1.807) is 0 Å². The number of hydrogen-bond donors (Lipinski definition) is 0. The first-order chi connectivity index (χ1) is 6.24. The van der Waals surface area contributed by atoms with Gasteiger partial charge in [0.25, 0.3) is 0 Å². The number of rotatable bonds is 8. The Labute approximate surface area is 85.1 Å². The molecule has 0 unspecified atom stereocenters. The van der Waals surface area contributed by atoms with Crippen LogP contribution in [0.1, 0.15) is 72.6 Å². The maximum Gasteiger partial charge on any atom is -0.0417 e. The van der Waals surface area contributed by atoms with E-state index in [2.05, 4.69) is 27.7 Å². The van der Waals surface area contributed by atoms with Crippen LogP contribution in [0.5, 0.6) is 0 Å². The fraction of sp³-hybridized carbons (Fsp3) is 1.00. The van der Waals surface area contributed by atoms with Gasteiger partial charge >= 0.3 is 0 Å². The van der Waals surface area contributed by atoms with Crippen molar-refractivity contribution >= 4 is 0 Å². The second-order valence-electron chi connectivity index (χ2n) is 4.52. The van der Waals surface area contributed by atoms with Crippen LogP contribution in [-0.4, -0.2) is 0 Å². The highest BCUT2D eigenvalue weighted by atomic mass is 14.1. The molecule has 13 heavy (non-hydrogen) atoms. The molecule has 0 heteroatoms. The van der Waals surface area contributed by atoms with Crippen molar-refractivity contribution in [3.8, 4) is 0 Å². The van der Waals surface area contributed by atoms with Crippen LogP contribution in [0.2, 0.25) is 0 Å². The largest absolute Gasteiger partial charge is 0.0654 e. The second-order valence-corrected chi connectivity index (χ2v) is 4.52. The number of hydrogen-bond acceptors (Lipinski definition) is 0. The van der Waals surface area contributed by atoms with E-state index >= 15 is 0 Å². The molecule has 1 atom stereocenters. The molecule has 0 aromatic carbocycles. The van der Waals surface area contributed by atoms with Crippen molar-refractivity contribution in [2.24, 2.45) is 11.8 Å². The predicted molar refractivity (Wildman–Crippen MR) is 62.0 cm³/mol. The standard InChI is InChI=1S/C13H28/c1-5-8-9-10-12(4)11-13(6-2)7-3/h12-13H,5-11H2,1-4H3/t12-/m1/s1. The first-order valence-corrected chi connectivity index (χ1v) is 6.24. The van der Waals surface area contributed by atoms with Crippen LogP contribution in [-0.2, 0) is 0 Å². The maximum atomic E-state index is 2.42. The summed E-state index contributed by atoms with van der Waals surface area (Å²) < 4.78 is 0. The molecule has 0 spiro atoms. The van der Waals surface area contributed by atoms with Gasteiger partial charge in [0.05, 0.1) is 0 Å². The lowest BCUT2D eigenvalue weighted by Crippen LogP contribution is -2.04. The highest BCUT2D eigenvalue weighted by Gasteiger charge is 2.08. The van der Waals surface area contributed by atoms with Crippen molar-refractivity contribution in [3.05, 3.63) is 0 Å². The summed E-state index contributed by atoms with van der Waals surface area (Å²) in [4.78, 5) is 0. The van der Waals surface area contributed by atoms with E-state index in [9.17, 15) is 0 Å². The molecule has 0 bridgehead atoms. The van der Waals surface area contributed by atoms with E-state index in [0.717, 1.165) is 11.8 Å². The molecule has 0 aliphatic carbocycles. The third kappa shape index (κ3) is 7.10. The highest BCUT2D eigenvalue weighted by molar-refractivity contribution is 4.61. The molecule has 80 valence electrons. The Morgan fingerprint density at radius 3 is 2.00 bits per heavy atom. The third-order valence-corrected chi connectivity index (χ3v) is 3.19. The SMILES string of the molecule is CCCCC[C@@H](C)CC(CC)CC. The Morgan fingerprint density at radius 2 is 1.54 bits per heavy atom. The first kappa shape index (κ1) is 13.0. The molecule has 0 rings (SSSR count). The zero-order chi connectivity index (χ0) is 10.1. The van der Waals surface area contributed by atoms with E-state index in [1.807, 2.05) is 0 Å². The van der Waals surface area contributed by atoms with Gasteiger partial charge in [-0.25, -0.2) is 0 Å². The van der Waals surface area contributed by atoms with Gasteiger partial charge in [0.2, 0.25) is 0 Å². The van der Waals surface area contributed by atoms with Gasteiger partial charge in [-0.3, -0.25) is 0 Å². The van der Waals surface area contributed by atoms with Gasteiger partial charge in [-0.2, -0.15) is 0 Å². The molecular weight excluding hydrogens is 156 g/mol. The zero-order valence-corrected chi connectivity index (χ0v) is 10.1. The third-order valence-electron chi connectivity index (χ3n) is 3.19. The zero-order valence-electron chi connectivity index (χ0n) is 10.1. The molecule has 0 amide bonds. The minimum Gasteiger partial charge on any atom is -0.0654 e. The normalized spacial score (nSPS) is 13.6. The molecule has 0 heterocycles. The van der Waals surface area contributed by atoms with Crippen molar-refractivity contribution in [2.75, 3.05) is 0 Å². The van der Waals surface area contributed by atoms with Crippen LogP contribution in [0.3, 0.4) is 0 Å². The molecule has 0 fully saturated rings. The molecule has 0 aromatic rings. The van der Waals surface area contributed by atoms with E-state index in [0.29, 0.717) is 0 Å². The van der Waals surface area contributed by atoms with Crippen molar-refractivity contribution < 1.29 is 0 Å². The Bertz CT molecular complexity index is 92.2. The fourth-order valence-electron chi connectivity index (χ4n) is 2.05. The smallest absolute Gasteiger partial charge is 0.0417 e. The fourth-order valence-corrected chi connectivity index (χ4v) is 2.05. The summed E-state index contributed by atoms with van der Waals surface area (Å²) in [6.07, 6.45) is 9.87. The van der Waals surface area contributed by atoms with Crippen LogP contribution in [0, 0.1) is 11.8 Å². The van der Waals surface area contributed by atoms with E-state index < -0.39 is 0 Å². The monoisotopic (exact) mass is 184 g/mol. The van der Waals surface area contributed by atoms with Crippen LogP contribution < -0.4 is 0 Å². The molecule has 0 aliphatic rings. The van der Waals surface area contributed by atoms with Crippen molar-refractivity contribution in [1.29, 1.82) is 0 Å². The van der Waals surface area contributed by atoms with Gasteiger partial charge in [0.1, 0.15) is 0 Å². The summed E-state index contributed by atoms with van der Waals surface area (Å²) in [5.41, 5.74) is 0. The van der Waals surface area contributed by atoms with Crippen LogP contribution >= 0.6 is 0 Å². The minimum absolute atomic E-state index is 0.955. The summed E-state index contributed by atoms with van der Waals surface area (Å²) in [7, 11) is 0. The van der Waals surface area contributed by atoms with Crippen LogP contribution in [0.15, 0.2) is 0 Å². The van der Waals surface area contributed by atoms with Gasteiger partial charge in [0.15, 0.2) is 0 Å². The summed E-state index contributed by atoms with van der Waals surface area (Å²) >= 11 is 0. The Hall–Kier alpha value is 0. The highest BCUT2D eigenvalue weighted by Crippen LogP contribution is 2.22. The predicted octanol–water partition coefficient (Wildman–Crippen LogP) is 5.03. The van der Waals surface area contributed by atoms with Crippen LogP contribution in [0.4, 0.5) is 0 Å². The lowest BCUT2D eigenvalue weighted by molar-refractivity contribution is 0.348. The maximum absolute atomic E-state index is 2.42. The quantitative estimate of drug-likeness (QED) is 0.464. The van der Waals surface area contributed by atoms with Gasteiger partial charge in [-0.15, -0.1) is 0 Å². The molecular formula is C13H28. The lowest BCUT2D eigenvalue weighted by atomic mass is 9.89. The van der Waals surface area contributed by atoms with Gasteiger partial charge < -0.3 is 0 Å². The van der Waals surface area contributed by atoms with E-state index in [-0.39, 0.29) is 0 Å².